The predicted octanol–water partition coefficient (Wildman–Crippen LogP) is 3.58. The molecule has 0 radical (unpaired) electrons. The van der Waals surface area contributed by atoms with Gasteiger partial charge in [0.05, 0.1) is 0 Å². The molecule has 6 nitrogen and oxygen atoms in total. The second-order valence-electron chi connectivity index (χ2n) is 7.35. The van der Waals surface area contributed by atoms with Crippen LogP contribution in [-0.4, -0.2) is 30.9 Å². The summed E-state index contributed by atoms with van der Waals surface area (Å²) in [6, 6.07) is 13.8. The van der Waals surface area contributed by atoms with Crippen LogP contribution in [0.15, 0.2) is 48.5 Å². The minimum atomic E-state index is -0.811. The number of amides is 2. The van der Waals surface area contributed by atoms with Crippen LogP contribution in [0, 0.1) is 6.92 Å². The van der Waals surface area contributed by atoms with Crippen LogP contribution in [0.25, 0.3) is 0 Å². The van der Waals surface area contributed by atoms with Crippen LogP contribution in [0.3, 0.4) is 0 Å². The quantitative estimate of drug-likeness (QED) is 0.624. The molecule has 0 aromatic heterocycles. The van der Waals surface area contributed by atoms with Gasteiger partial charge < -0.3 is 21.3 Å². The van der Waals surface area contributed by atoms with E-state index in [-0.39, 0.29) is 36.6 Å². The molecule has 0 saturated carbocycles. The Balaban J connectivity index is 0.00000225. The number of nitrogens with two attached hydrogens (primary N) is 1. The Morgan fingerprint density at radius 2 is 1.63 bits per heavy atom. The highest BCUT2D eigenvalue weighted by molar-refractivity contribution is 5.98. The van der Waals surface area contributed by atoms with E-state index in [9.17, 15) is 9.59 Å². The Hall–Kier alpha value is -2.28. The van der Waals surface area contributed by atoms with E-state index < -0.39 is 12.1 Å². The predicted molar refractivity (Wildman–Crippen MR) is 127 cm³/mol. The van der Waals surface area contributed by atoms with Crippen LogP contribution < -0.4 is 21.3 Å². The Morgan fingerprint density at radius 3 is 2.27 bits per heavy atom. The molecule has 8 heteroatoms. The number of hydrogen-bond acceptors (Lipinski definition) is 4. The lowest BCUT2D eigenvalue weighted by Gasteiger charge is -2.20. The molecule has 2 aromatic rings. The Bertz CT molecular complexity index is 839. The molecule has 4 N–H and O–H groups in total. The number of halogens is 2. The Morgan fingerprint density at radius 1 is 1.00 bits per heavy atom. The van der Waals surface area contributed by atoms with Crippen molar-refractivity contribution in [2.45, 2.75) is 38.8 Å². The zero-order valence-electron chi connectivity index (χ0n) is 17.3. The van der Waals surface area contributed by atoms with Gasteiger partial charge in [-0.25, -0.2) is 0 Å². The van der Waals surface area contributed by atoms with Crippen LogP contribution in [-0.2, 0) is 9.59 Å². The summed E-state index contributed by atoms with van der Waals surface area (Å²) in [6.45, 7) is 5.71. The summed E-state index contributed by atoms with van der Waals surface area (Å²) in [5, 5.41) is 5.57. The molecule has 1 heterocycles. The molecule has 1 saturated heterocycles. The van der Waals surface area contributed by atoms with Crippen molar-refractivity contribution in [3.8, 4) is 0 Å². The molecule has 0 spiro atoms. The molecule has 164 valence electrons. The summed E-state index contributed by atoms with van der Waals surface area (Å²) in [7, 11) is 0. The molecule has 1 fully saturated rings. The third-order valence-electron chi connectivity index (χ3n) is 5.06. The number of rotatable bonds is 6. The molecule has 1 aliphatic heterocycles. The highest BCUT2D eigenvalue weighted by atomic mass is 35.5. The van der Waals surface area contributed by atoms with Crippen molar-refractivity contribution in [2.75, 3.05) is 23.3 Å². The molecule has 0 aliphatic carbocycles. The minimum absolute atomic E-state index is 0. The molecule has 2 amide bonds. The summed E-state index contributed by atoms with van der Waals surface area (Å²) in [5.74, 6) is -0.652. The Kier molecular flexibility index (Phi) is 10.1. The van der Waals surface area contributed by atoms with Gasteiger partial charge in [0.1, 0.15) is 12.1 Å². The molecular weight excluding hydrogens is 423 g/mol. The zero-order chi connectivity index (χ0) is 20.1. The van der Waals surface area contributed by atoms with E-state index >= 15 is 0 Å². The number of hydrogen-bond donors (Lipinski definition) is 3. The van der Waals surface area contributed by atoms with Gasteiger partial charge in [-0.1, -0.05) is 35.9 Å². The van der Waals surface area contributed by atoms with Gasteiger partial charge in [-0.15, -0.1) is 24.8 Å². The first kappa shape index (κ1) is 25.8. The second kappa shape index (κ2) is 11.8. The highest BCUT2D eigenvalue weighted by Crippen LogP contribution is 2.23. The average Bonchev–Trinajstić information content (AvgIpc) is 3.23. The monoisotopic (exact) mass is 452 g/mol. The van der Waals surface area contributed by atoms with Gasteiger partial charge in [0, 0.05) is 24.5 Å². The maximum Gasteiger partial charge on any atom is 0.246 e. The number of anilines is 2. The molecule has 2 aromatic carbocycles. The molecular formula is C22H30Cl2N4O2. The van der Waals surface area contributed by atoms with E-state index in [1.807, 2.05) is 55.5 Å². The van der Waals surface area contributed by atoms with Gasteiger partial charge in [0.25, 0.3) is 0 Å². The van der Waals surface area contributed by atoms with Gasteiger partial charge in [0.2, 0.25) is 11.8 Å². The normalized spacial score (nSPS) is 14.7. The summed E-state index contributed by atoms with van der Waals surface area (Å²) in [5.41, 5.74) is 9.67. The van der Waals surface area contributed by atoms with Crippen molar-refractivity contribution in [3.05, 3.63) is 59.7 Å². The molecule has 2 atom stereocenters. The smallest absolute Gasteiger partial charge is 0.246 e. The van der Waals surface area contributed by atoms with Crippen molar-refractivity contribution >= 4 is 48.0 Å². The van der Waals surface area contributed by atoms with E-state index in [0.29, 0.717) is 5.56 Å². The summed E-state index contributed by atoms with van der Waals surface area (Å²) >= 11 is 0. The van der Waals surface area contributed by atoms with Gasteiger partial charge in [-0.2, -0.15) is 0 Å². The van der Waals surface area contributed by atoms with E-state index in [0.717, 1.165) is 30.0 Å². The average molecular weight is 453 g/mol. The van der Waals surface area contributed by atoms with E-state index in [1.165, 1.54) is 12.8 Å². The minimum Gasteiger partial charge on any atom is -0.371 e. The molecule has 0 bridgehead atoms. The van der Waals surface area contributed by atoms with Gasteiger partial charge in [-0.3, -0.25) is 9.59 Å². The molecule has 1 aliphatic rings. The topological polar surface area (TPSA) is 87.5 Å². The number of carbonyl (C=O) groups is 2. The first-order valence-electron chi connectivity index (χ1n) is 9.72. The standard InChI is InChI=1S/C22H28N4O2.2ClH/c1-15-8-10-17(11-9-15)20(23)22(28)24-16(2)21(27)25-18-6-5-7-19(14-18)26-12-3-4-13-26;;/h5-11,14,16,20H,3-4,12-13,23H2,1-2H3,(H,24,28)(H,25,27);2*1H. The molecule has 2 unspecified atom stereocenters. The van der Waals surface area contributed by atoms with Crippen molar-refractivity contribution < 1.29 is 9.59 Å². The van der Waals surface area contributed by atoms with Gasteiger partial charge >= 0.3 is 0 Å². The van der Waals surface area contributed by atoms with E-state index in [1.54, 1.807) is 6.92 Å². The fourth-order valence-electron chi connectivity index (χ4n) is 3.30. The summed E-state index contributed by atoms with van der Waals surface area (Å²) < 4.78 is 0. The van der Waals surface area contributed by atoms with Crippen molar-refractivity contribution in [1.29, 1.82) is 0 Å². The van der Waals surface area contributed by atoms with Crippen LogP contribution in [0.4, 0.5) is 11.4 Å². The maximum absolute atomic E-state index is 12.5. The number of nitrogens with zero attached hydrogens (tertiary/aromatic N) is 1. The van der Waals surface area contributed by atoms with Crippen LogP contribution >= 0.6 is 24.8 Å². The van der Waals surface area contributed by atoms with Crippen LogP contribution in [0.1, 0.15) is 36.9 Å². The van der Waals surface area contributed by atoms with Gasteiger partial charge in [0.15, 0.2) is 0 Å². The van der Waals surface area contributed by atoms with E-state index in [4.69, 9.17) is 5.73 Å². The van der Waals surface area contributed by atoms with Crippen molar-refractivity contribution in [1.82, 2.24) is 5.32 Å². The maximum atomic E-state index is 12.5. The lowest BCUT2D eigenvalue weighted by molar-refractivity contribution is -0.127. The fraction of sp³-hybridized carbons (Fsp3) is 0.364. The Labute approximate surface area is 190 Å². The highest BCUT2D eigenvalue weighted by Gasteiger charge is 2.21. The molecule has 3 rings (SSSR count). The number of carbonyl (C=O) groups excluding carboxylic acids is 2. The zero-order valence-corrected chi connectivity index (χ0v) is 18.9. The van der Waals surface area contributed by atoms with Crippen LogP contribution in [0.2, 0.25) is 0 Å². The number of nitrogens with one attached hydrogen (secondary N) is 2. The second-order valence-corrected chi connectivity index (χ2v) is 7.35. The first-order chi connectivity index (χ1) is 13.4. The van der Waals surface area contributed by atoms with Crippen molar-refractivity contribution in [2.24, 2.45) is 5.73 Å². The largest absolute Gasteiger partial charge is 0.371 e. The fourth-order valence-corrected chi connectivity index (χ4v) is 3.30. The third-order valence-corrected chi connectivity index (χ3v) is 5.06. The van der Waals surface area contributed by atoms with Crippen LogP contribution in [0.5, 0.6) is 0 Å². The SMILES string of the molecule is Cc1ccc(C(N)C(=O)NC(C)C(=O)Nc2cccc(N3CCCC3)c2)cc1.Cl.Cl. The van der Waals surface area contributed by atoms with Gasteiger partial charge in [-0.05, 0) is 50.5 Å². The number of benzene rings is 2. The lowest BCUT2D eigenvalue weighted by Crippen LogP contribution is -2.45. The first-order valence-corrected chi connectivity index (χ1v) is 9.72. The third kappa shape index (κ3) is 6.62. The van der Waals surface area contributed by atoms with Crippen molar-refractivity contribution in [3.63, 3.8) is 0 Å². The number of aryl methyl sites for hydroxylation is 1. The summed E-state index contributed by atoms with van der Waals surface area (Å²) in [6.07, 6.45) is 2.39. The van der Waals surface area contributed by atoms with E-state index in [2.05, 4.69) is 15.5 Å². The molecule has 30 heavy (non-hydrogen) atoms. The lowest BCUT2D eigenvalue weighted by atomic mass is 10.1. The summed E-state index contributed by atoms with van der Waals surface area (Å²) in [4.78, 5) is 27.2.